The molecular formula is C14H22AsNO10. The van der Waals surface area contributed by atoms with Crippen LogP contribution in [0.15, 0.2) is 18.2 Å². The number of anilines is 1. The predicted molar refractivity (Wildman–Crippen MR) is 88.7 cm³/mol. The number of rotatable bonds is 7. The van der Waals surface area contributed by atoms with Gasteiger partial charge in [-0.3, -0.25) is 0 Å². The fourth-order valence-electron chi connectivity index (χ4n) is 1.66. The molecule has 0 aliphatic rings. The van der Waals surface area contributed by atoms with Crippen molar-refractivity contribution in [3.05, 3.63) is 18.2 Å². The maximum absolute atomic E-state index is 11.0. The Morgan fingerprint density at radius 2 is 1.81 bits per heavy atom. The predicted octanol–water partition coefficient (Wildman–Crippen LogP) is -3.44. The number of aromatic hydroxyl groups is 1. The summed E-state index contributed by atoms with van der Waals surface area (Å²) in [6, 6.07) is 3.83. The van der Waals surface area contributed by atoms with E-state index in [1.807, 2.05) is 0 Å². The van der Waals surface area contributed by atoms with E-state index in [2.05, 4.69) is 5.32 Å². The molecule has 0 bridgehead atoms. The maximum Gasteiger partial charge on any atom is 0.122 e. The molecule has 11 nitrogen and oxygen atoms in total. The average molecular weight is 439 g/mol. The first-order chi connectivity index (χ1) is 11.9. The van der Waals surface area contributed by atoms with Crippen molar-refractivity contribution in [2.24, 2.45) is 0 Å². The van der Waals surface area contributed by atoms with Crippen LogP contribution < -0.4 is 9.67 Å². The Kier molecular flexibility index (Phi) is 10.4. The molecule has 0 aliphatic carbocycles. The minimum atomic E-state index is -5.15. The fraction of sp³-hybridized carbons (Fsp3) is 0.429. The molecule has 0 unspecified atom stereocenters. The van der Waals surface area contributed by atoms with E-state index in [-0.39, 0.29) is 12.1 Å². The van der Waals surface area contributed by atoms with Crippen molar-refractivity contribution in [2.45, 2.75) is 31.7 Å². The number of phenolic OH excluding ortho intramolecular Hbond substituents is 1. The van der Waals surface area contributed by atoms with Gasteiger partial charge in [0.15, 0.2) is 0 Å². The van der Waals surface area contributed by atoms with Gasteiger partial charge in [-0.1, -0.05) is 0 Å². The topological polar surface area (TPSA) is 205 Å². The van der Waals surface area contributed by atoms with Crippen LogP contribution in [0.1, 0.15) is 13.3 Å². The van der Waals surface area contributed by atoms with Gasteiger partial charge in [-0.15, -0.1) is 0 Å². The maximum atomic E-state index is 11.0. The zero-order chi connectivity index (χ0) is 20.5. The molecule has 0 saturated carbocycles. The number of phenols is 1. The Morgan fingerprint density at radius 1 is 1.23 bits per heavy atom. The monoisotopic (exact) mass is 439 g/mol. The first kappa shape index (κ1) is 24.3. The summed E-state index contributed by atoms with van der Waals surface area (Å²) in [5.41, 5.74) is -0.00951. The van der Waals surface area contributed by atoms with E-state index in [4.69, 9.17) is 28.6 Å². The van der Waals surface area contributed by atoms with Crippen molar-refractivity contribution < 1.29 is 47.1 Å². The molecule has 26 heavy (non-hydrogen) atoms. The molecule has 12 heteroatoms. The molecule has 0 saturated heterocycles. The van der Waals surface area contributed by atoms with E-state index >= 15 is 0 Å². The molecule has 0 aliphatic heterocycles. The number of hydrogen-bond donors (Lipinski definition) is 8. The number of aldehydes is 1. The SMILES string of the molecule is CC(=O)Nc1cccc([As](=O)(O)O)c1O.O=CC[C@@H](O)[C@H](O)[C@H](O)CO. The molecule has 1 aromatic carbocycles. The molecule has 0 radical (unpaired) electrons. The standard InChI is InChI=1S/C8H10AsNO5.C6H12O5/c1-5(11)10-7-4-2-3-6(8(7)12)9(13,14)15;7-2-1-4(9)6(11)5(10)3-8/h2-4,12H,1H3,(H,10,11)(H2,13,14,15);2,4-6,8-11H,1,3H2/t;4-,5-,6+/m.1/s1. The Morgan fingerprint density at radius 3 is 2.23 bits per heavy atom. The van der Waals surface area contributed by atoms with Crippen molar-refractivity contribution in [3.8, 4) is 5.75 Å². The van der Waals surface area contributed by atoms with Crippen LogP contribution in [0, 0.1) is 0 Å². The minimum Gasteiger partial charge on any atom is -0.394 e. The van der Waals surface area contributed by atoms with Crippen molar-refractivity contribution in [3.63, 3.8) is 0 Å². The Hall–Kier alpha value is -1.72. The molecule has 0 fully saturated rings. The summed E-state index contributed by atoms with van der Waals surface area (Å²) in [4.78, 5) is 20.5. The number of carbonyl (C=O) groups is 2. The molecular weight excluding hydrogens is 417 g/mol. The number of carbonyl (C=O) groups excluding carboxylic acids is 2. The molecule has 1 amide bonds. The van der Waals surface area contributed by atoms with E-state index in [1.54, 1.807) is 0 Å². The normalized spacial score (nSPS) is 14.4. The second-order valence-corrected chi connectivity index (χ2v) is 8.40. The Labute approximate surface area is 151 Å². The second kappa shape index (κ2) is 11.1. The third kappa shape index (κ3) is 8.10. The van der Waals surface area contributed by atoms with Gasteiger partial charge in [0.25, 0.3) is 0 Å². The number of amides is 1. The third-order valence-electron chi connectivity index (χ3n) is 2.95. The van der Waals surface area contributed by atoms with Gasteiger partial charge in [-0.2, -0.15) is 0 Å². The van der Waals surface area contributed by atoms with Crippen LogP contribution in [0.5, 0.6) is 5.75 Å². The van der Waals surface area contributed by atoms with Gasteiger partial charge in [-0.05, 0) is 0 Å². The number of aliphatic hydroxyl groups is 4. The number of para-hydroxylation sites is 1. The van der Waals surface area contributed by atoms with E-state index in [0.29, 0.717) is 6.29 Å². The largest absolute Gasteiger partial charge is 0.394 e. The molecule has 148 valence electrons. The van der Waals surface area contributed by atoms with Gasteiger partial charge in [0.2, 0.25) is 0 Å². The molecule has 0 spiro atoms. The van der Waals surface area contributed by atoms with Gasteiger partial charge >= 0.3 is 88.1 Å². The van der Waals surface area contributed by atoms with Crippen LogP contribution in [0.25, 0.3) is 0 Å². The quantitative estimate of drug-likeness (QED) is 0.120. The molecule has 0 heterocycles. The van der Waals surface area contributed by atoms with Gasteiger partial charge in [0.1, 0.15) is 18.5 Å². The van der Waals surface area contributed by atoms with Crippen LogP contribution in [-0.2, 0) is 13.3 Å². The zero-order valence-corrected chi connectivity index (χ0v) is 15.6. The van der Waals surface area contributed by atoms with Crippen molar-refractivity contribution in [1.29, 1.82) is 0 Å². The van der Waals surface area contributed by atoms with E-state index < -0.39 is 55.1 Å². The van der Waals surface area contributed by atoms with Crippen molar-refractivity contribution in [1.82, 2.24) is 0 Å². The summed E-state index contributed by atoms with van der Waals surface area (Å²) in [7, 11) is 0. The van der Waals surface area contributed by atoms with Crippen LogP contribution in [0.3, 0.4) is 0 Å². The number of benzene rings is 1. The second-order valence-electron chi connectivity index (χ2n) is 5.11. The Balaban J connectivity index is 0.000000508. The van der Waals surface area contributed by atoms with Gasteiger partial charge in [0, 0.05) is 6.42 Å². The van der Waals surface area contributed by atoms with E-state index in [9.17, 15) is 18.4 Å². The van der Waals surface area contributed by atoms with Crippen molar-refractivity contribution >= 4 is 36.4 Å². The summed E-state index contributed by atoms with van der Waals surface area (Å²) in [6.07, 6.45) is -4.00. The van der Waals surface area contributed by atoms with Crippen molar-refractivity contribution in [2.75, 3.05) is 11.9 Å². The number of aliphatic hydroxyl groups excluding tert-OH is 4. The van der Waals surface area contributed by atoms with Crippen LogP contribution in [-0.4, -0.2) is 85.0 Å². The van der Waals surface area contributed by atoms with Gasteiger partial charge in [-0.25, -0.2) is 0 Å². The first-order valence-corrected chi connectivity index (χ1v) is 10.6. The average Bonchev–Trinajstić information content (AvgIpc) is 2.54. The molecule has 1 aromatic rings. The summed E-state index contributed by atoms with van der Waals surface area (Å²) in [6.45, 7) is 0.589. The van der Waals surface area contributed by atoms with Gasteiger partial charge in [0.05, 0.1) is 12.7 Å². The summed E-state index contributed by atoms with van der Waals surface area (Å²) in [5, 5.41) is 46.6. The summed E-state index contributed by atoms with van der Waals surface area (Å²) >= 11 is -5.15. The van der Waals surface area contributed by atoms with Gasteiger partial charge < -0.3 is 25.2 Å². The van der Waals surface area contributed by atoms with Crippen LogP contribution in [0.4, 0.5) is 5.69 Å². The summed E-state index contributed by atoms with van der Waals surface area (Å²) < 4.78 is 28.4. The molecule has 8 N–H and O–H groups in total. The van der Waals surface area contributed by atoms with Crippen LogP contribution >= 0.6 is 0 Å². The van der Waals surface area contributed by atoms with E-state index in [1.165, 1.54) is 19.1 Å². The Bertz CT molecular complexity index is 647. The first-order valence-electron chi connectivity index (χ1n) is 7.20. The molecule has 1 rings (SSSR count). The van der Waals surface area contributed by atoms with E-state index in [0.717, 1.165) is 6.07 Å². The smallest absolute Gasteiger partial charge is 0.122 e. The fourth-order valence-corrected chi connectivity index (χ4v) is 3.08. The zero-order valence-electron chi connectivity index (χ0n) is 13.8. The molecule has 3 atom stereocenters. The van der Waals surface area contributed by atoms with Crippen LogP contribution in [0.2, 0.25) is 0 Å². The number of nitrogens with one attached hydrogen (secondary N) is 1. The summed E-state index contributed by atoms with van der Waals surface area (Å²) in [5.74, 6) is -1.01. The molecule has 0 aromatic heterocycles. The third-order valence-corrected chi connectivity index (χ3v) is 5.03. The minimum absolute atomic E-state index is 0.00951. The number of hydrogen-bond acceptors (Lipinski definition) is 8.